The minimum absolute atomic E-state index is 0.376. The summed E-state index contributed by atoms with van der Waals surface area (Å²) in [7, 11) is 0. The van der Waals surface area contributed by atoms with Crippen LogP contribution in [0.1, 0.15) is 32.6 Å². The highest BCUT2D eigenvalue weighted by molar-refractivity contribution is 4.86. The van der Waals surface area contributed by atoms with Gasteiger partial charge in [-0.15, -0.1) is 0 Å². The molecule has 1 fully saturated rings. The van der Waals surface area contributed by atoms with Crippen LogP contribution in [0.25, 0.3) is 0 Å². The quantitative estimate of drug-likeness (QED) is 0.471. The molecule has 2 atom stereocenters. The van der Waals surface area contributed by atoms with E-state index in [0.29, 0.717) is 5.92 Å². The second kappa shape index (κ2) is 4.24. The molecular formula is C9H15NO2. The standard InChI is InChI=1S/C9H15NO2/c1-8-3-2-4-9(7-8)5-6-10(11)12/h5-6,8-9H,2-4,7H2,1H3/b6-5+. The fourth-order valence-corrected chi connectivity index (χ4v) is 1.85. The summed E-state index contributed by atoms with van der Waals surface area (Å²) in [6.07, 6.45) is 7.56. The van der Waals surface area contributed by atoms with E-state index in [9.17, 15) is 10.1 Å². The first-order chi connectivity index (χ1) is 5.68. The van der Waals surface area contributed by atoms with Gasteiger partial charge in [0.25, 0.3) is 0 Å². The summed E-state index contributed by atoms with van der Waals surface area (Å²) < 4.78 is 0. The van der Waals surface area contributed by atoms with Crippen LogP contribution in [-0.4, -0.2) is 4.92 Å². The summed E-state index contributed by atoms with van der Waals surface area (Å²) in [6, 6.07) is 0. The van der Waals surface area contributed by atoms with Crippen molar-refractivity contribution in [2.24, 2.45) is 11.8 Å². The Morgan fingerprint density at radius 3 is 2.83 bits per heavy atom. The van der Waals surface area contributed by atoms with Crippen molar-refractivity contribution in [3.63, 3.8) is 0 Å². The van der Waals surface area contributed by atoms with Gasteiger partial charge in [-0.2, -0.15) is 0 Å². The molecular weight excluding hydrogens is 154 g/mol. The predicted octanol–water partition coefficient (Wildman–Crippen LogP) is 2.60. The Hall–Kier alpha value is -0.860. The first kappa shape index (κ1) is 9.23. The average Bonchev–Trinajstić information content (AvgIpc) is 2.01. The highest BCUT2D eigenvalue weighted by Crippen LogP contribution is 2.29. The van der Waals surface area contributed by atoms with E-state index in [1.807, 2.05) is 0 Å². The molecule has 1 aliphatic rings. The normalized spacial score (nSPS) is 30.8. The van der Waals surface area contributed by atoms with Crippen LogP contribution in [0.4, 0.5) is 0 Å². The molecule has 1 aliphatic carbocycles. The van der Waals surface area contributed by atoms with Gasteiger partial charge in [0, 0.05) is 0 Å². The zero-order valence-electron chi connectivity index (χ0n) is 7.40. The summed E-state index contributed by atoms with van der Waals surface area (Å²) >= 11 is 0. The van der Waals surface area contributed by atoms with E-state index >= 15 is 0 Å². The molecule has 0 radical (unpaired) electrons. The highest BCUT2D eigenvalue weighted by atomic mass is 16.6. The molecule has 2 unspecified atom stereocenters. The summed E-state index contributed by atoms with van der Waals surface area (Å²) in [6.45, 7) is 2.21. The fraction of sp³-hybridized carbons (Fsp3) is 0.778. The zero-order valence-corrected chi connectivity index (χ0v) is 7.40. The Balaban J connectivity index is 2.36. The molecule has 12 heavy (non-hydrogen) atoms. The second-order valence-corrected chi connectivity index (χ2v) is 3.66. The molecule has 0 N–H and O–H groups in total. The van der Waals surface area contributed by atoms with Crippen molar-refractivity contribution in [3.8, 4) is 0 Å². The van der Waals surface area contributed by atoms with E-state index in [1.54, 1.807) is 6.08 Å². The molecule has 0 bridgehead atoms. The van der Waals surface area contributed by atoms with Crippen molar-refractivity contribution in [1.29, 1.82) is 0 Å². The van der Waals surface area contributed by atoms with Crippen molar-refractivity contribution in [1.82, 2.24) is 0 Å². The van der Waals surface area contributed by atoms with Crippen LogP contribution in [-0.2, 0) is 0 Å². The monoisotopic (exact) mass is 169 g/mol. The number of hydrogen-bond donors (Lipinski definition) is 0. The van der Waals surface area contributed by atoms with E-state index in [2.05, 4.69) is 6.92 Å². The van der Waals surface area contributed by atoms with E-state index in [0.717, 1.165) is 25.0 Å². The molecule has 0 aromatic carbocycles. The van der Waals surface area contributed by atoms with E-state index in [1.165, 1.54) is 12.8 Å². The molecule has 0 spiro atoms. The molecule has 0 aliphatic heterocycles. The molecule has 68 valence electrons. The van der Waals surface area contributed by atoms with Gasteiger partial charge >= 0.3 is 0 Å². The summed E-state index contributed by atoms with van der Waals surface area (Å²) in [5, 5.41) is 10.0. The Morgan fingerprint density at radius 1 is 1.50 bits per heavy atom. The molecule has 0 aromatic rings. The number of allylic oxidation sites excluding steroid dienone is 1. The average molecular weight is 169 g/mol. The third-order valence-corrected chi connectivity index (χ3v) is 2.46. The molecule has 1 rings (SSSR count). The first-order valence-corrected chi connectivity index (χ1v) is 4.50. The number of hydrogen-bond acceptors (Lipinski definition) is 2. The molecule has 0 heterocycles. The van der Waals surface area contributed by atoms with Gasteiger partial charge < -0.3 is 0 Å². The van der Waals surface area contributed by atoms with Gasteiger partial charge in [-0.25, -0.2) is 0 Å². The Bertz CT molecular complexity index is 189. The van der Waals surface area contributed by atoms with E-state index in [-0.39, 0.29) is 4.92 Å². The third-order valence-electron chi connectivity index (χ3n) is 2.46. The van der Waals surface area contributed by atoms with Gasteiger partial charge in [-0.3, -0.25) is 10.1 Å². The minimum atomic E-state index is -0.376. The van der Waals surface area contributed by atoms with Gasteiger partial charge in [0.1, 0.15) is 0 Å². The van der Waals surface area contributed by atoms with Crippen LogP contribution in [0, 0.1) is 22.0 Å². The van der Waals surface area contributed by atoms with E-state index in [4.69, 9.17) is 0 Å². The lowest BCUT2D eigenvalue weighted by Crippen LogP contribution is -2.11. The van der Waals surface area contributed by atoms with Gasteiger partial charge in [0.2, 0.25) is 6.20 Å². The Morgan fingerprint density at radius 2 is 2.25 bits per heavy atom. The lowest BCUT2D eigenvalue weighted by molar-refractivity contribution is -0.402. The van der Waals surface area contributed by atoms with Gasteiger partial charge in [0.05, 0.1) is 4.92 Å². The zero-order chi connectivity index (χ0) is 8.97. The minimum Gasteiger partial charge on any atom is -0.259 e. The van der Waals surface area contributed by atoms with Crippen molar-refractivity contribution in [3.05, 3.63) is 22.4 Å². The largest absolute Gasteiger partial charge is 0.259 e. The molecule has 1 saturated carbocycles. The highest BCUT2D eigenvalue weighted by Gasteiger charge is 2.16. The van der Waals surface area contributed by atoms with Crippen LogP contribution in [0.5, 0.6) is 0 Å². The maximum atomic E-state index is 10.0. The van der Waals surface area contributed by atoms with Gasteiger partial charge in [0.15, 0.2) is 0 Å². The van der Waals surface area contributed by atoms with Crippen LogP contribution in [0.15, 0.2) is 12.3 Å². The topological polar surface area (TPSA) is 43.1 Å². The lowest BCUT2D eigenvalue weighted by Gasteiger charge is -2.23. The molecule has 0 amide bonds. The molecule has 3 nitrogen and oxygen atoms in total. The third kappa shape index (κ3) is 3.03. The number of nitrogens with zero attached hydrogens (tertiary/aromatic N) is 1. The van der Waals surface area contributed by atoms with Crippen molar-refractivity contribution in [2.75, 3.05) is 0 Å². The number of rotatable bonds is 2. The van der Waals surface area contributed by atoms with Crippen LogP contribution in [0.3, 0.4) is 0 Å². The second-order valence-electron chi connectivity index (χ2n) is 3.66. The van der Waals surface area contributed by atoms with Gasteiger partial charge in [-0.1, -0.05) is 19.8 Å². The molecule has 0 saturated heterocycles. The summed E-state index contributed by atoms with van der Waals surface area (Å²) in [4.78, 5) is 9.67. The predicted molar refractivity (Wildman–Crippen MR) is 47.3 cm³/mol. The summed E-state index contributed by atoms with van der Waals surface area (Å²) in [5.41, 5.74) is 0. The number of nitro groups is 1. The maximum absolute atomic E-state index is 10.0. The van der Waals surface area contributed by atoms with Crippen molar-refractivity contribution < 1.29 is 4.92 Å². The van der Waals surface area contributed by atoms with Crippen LogP contribution < -0.4 is 0 Å². The lowest BCUT2D eigenvalue weighted by atomic mass is 9.82. The van der Waals surface area contributed by atoms with E-state index < -0.39 is 0 Å². The van der Waals surface area contributed by atoms with Gasteiger partial charge in [-0.05, 0) is 30.8 Å². The SMILES string of the molecule is CC1CCCC(/C=C/[N+](=O)[O-])C1. The van der Waals surface area contributed by atoms with Crippen LogP contribution in [0.2, 0.25) is 0 Å². The Kier molecular flexibility index (Phi) is 3.26. The smallest absolute Gasteiger partial charge is 0.230 e. The first-order valence-electron chi connectivity index (χ1n) is 4.50. The Labute approximate surface area is 72.6 Å². The summed E-state index contributed by atoms with van der Waals surface area (Å²) in [5.74, 6) is 1.18. The van der Waals surface area contributed by atoms with Crippen LogP contribution >= 0.6 is 0 Å². The molecule has 3 heteroatoms. The molecule has 0 aromatic heterocycles. The van der Waals surface area contributed by atoms with Crippen molar-refractivity contribution >= 4 is 0 Å². The fourth-order valence-electron chi connectivity index (χ4n) is 1.85. The van der Waals surface area contributed by atoms with Crippen molar-refractivity contribution in [2.45, 2.75) is 32.6 Å². The maximum Gasteiger partial charge on any atom is 0.230 e.